The highest BCUT2D eigenvalue weighted by Gasteiger charge is 2.39. The Kier molecular flexibility index (Phi) is 6.65. The summed E-state index contributed by atoms with van der Waals surface area (Å²) in [6, 6.07) is 7.34. The average Bonchev–Trinajstić information content (AvgIpc) is 3.58. The minimum Gasteiger partial charge on any atom is -0.446 e. The molecule has 3 heterocycles. The molecule has 2 aromatic heterocycles. The van der Waals surface area contributed by atoms with Crippen LogP contribution in [-0.2, 0) is 32.2 Å². The molecule has 1 saturated heterocycles. The molecule has 2 unspecified atom stereocenters. The second-order valence-corrected chi connectivity index (χ2v) is 13.5. The molecule has 3 aliphatic rings. The molecule has 3 aromatic rings. The second-order valence-electron chi connectivity index (χ2n) is 10.2. The summed E-state index contributed by atoms with van der Waals surface area (Å²) in [5.41, 5.74) is 8.36. The van der Waals surface area contributed by atoms with Crippen LogP contribution in [0.4, 0.5) is 16.3 Å². The van der Waals surface area contributed by atoms with Crippen LogP contribution in [-0.4, -0.2) is 47.2 Å². The summed E-state index contributed by atoms with van der Waals surface area (Å²) in [6.45, 7) is 2.72. The van der Waals surface area contributed by atoms with Crippen molar-refractivity contribution in [2.45, 2.75) is 80.8 Å². The van der Waals surface area contributed by atoms with Gasteiger partial charge in [-0.25, -0.2) is 22.9 Å². The lowest BCUT2D eigenvalue weighted by atomic mass is 10.00. The molecule has 10 nitrogen and oxygen atoms in total. The van der Waals surface area contributed by atoms with Crippen molar-refractivity contribution in [2.75, 3.05) is 11.9 Å². The van der Waals surface area contributed by atoms with Gasteiger partial charge in [0.2, 0.25) is 0 Å². The number of fused-ring (bicyclic) bond motifs is 1. The third-order valence-corrected chi connectivity index (χ3v) is 10.7. The van der Waals surface area contributed by atoms with Crippen LogP contribution >= 0.6 is 11.3 Å². The minimum absolute atomic E-state index is 0.0728. The molecule has 1 amide bonds. The van der Waals surface area contributed by atoms with E-state index in [1.54, 1.807) is 6.07 Å². The van der Waals surface area contributed by atoms with Crippen molar-refractivity contribution in [2.24, 2.45) is 5.73 Å². The lowest BCUT2D eigenvalue weighted by Crippen LogP contribution is -2.27. The largest absolute Gasteiger partial charge is 0.446 e. The van der Waals surface area contributed by atoms with Crippen LogP contribution in [0.1, 0.15) is 61.0 Å². The van der Waals surface area contributed by atoms with E-state index < -0.39 is 15.9 Å². The van der Waals surface area contributed by atoms with Crippen molar-refractivity contribution >= 4 is 38.8 Å². The van der Waals surface area contributed by atoms with Crippen molar-refractivity contribution < 1.29 is 22.7 Å². The predicted octanol–water partition coefficient (Wildman–Crippen LogP) is 4.65. The summed E-state index contributed by atoms with van der Waals surface area (Å²) in [4.78, 5) is 17.3. The number of carbonyl (C=O) groups is 1. The van der Waals surface area contributed by atoms with E-state index in [-0.39, 0.29) is 22.5 Å². The maximum absolute atomic E-state index is 13.5. The second kappa shape index (κ2) is 9.97. The number of sulfone groups is 1. The van der Waals surface area contributed by atoms with E-state index >= 15 is 0 Å². The molecule has 2 aliphatic carbocycles. The highest BCUT2D eigenvalue weighted by Crippen LogP contribution is 2.42. The van der Waals surface area contributed by atoms with Gasteiger partial charge in [0.15, 0.2) is 21.9 Å². The van der Waals surface area contributed by atoms with Gasteiger partial charge in [-0.05, 0) is 70.1 Å². The smallest absolute Gasteiger partial charge is 0.404 e. The lowest BCUT2D eigenvalue weighted by molar-refractivity contribution is -0.0404. The molecule has 6 rings (SSSR count). The molecule has 38 heavy (non-hydrogen) atoms. The maximum atomic E-state index is 13.5. The number of nitrogens with zero attached hydrogens (tertiary/aromatic N) is 3. The Labute approximate surface area is 225 Å². The number of rotatable bonds is 7. The predicted molar refractivity (Wildman–Crippen MR) is 143 cm³/mol. The van der Waals surface area contributed by atoms with Gasteiger partial charge in [-0.3, -0.25) is 0 Å². The number of nitrogens with one attached hydrogen (secondary N) is 1. The molecule has 2 fully saturated rings. The topological polar surface area (TPSA) is 138 Å². The van der Waals surface area contributed by atoms with Gasteiger partial charge in [-0.15, -0.1) is 11.3 Å². The van der Waals surface area contributed by atoms with Crippen molar-refractivity contribution in [1.82, 2.24) is 14.8 Å². The van der Waals surface area contributed by atoms with Gasteiger partial charge in [0.1, 0.15) is 11.1 Å². The standard InChI is InChI=1S/C26H31N5O5S2/c1-15-12-23(30-31(15)24-4-2-3-11-35-24)28-16-5-9-19(22(13-16)38(33,34)18-7-8-18)25-29-20-10-6-17(36-26(27)32)14-21(20)37-25/h5,9,12-13,17-18,24H,2-4,6-8,10-11,14H2,1H3,(H2,27,32)(H,28,30). The molecule has 0 bridgehead atoms. The molecule has 0 radical (unpaired) electrons. The van der Waals surface area contributed by atoms with Gasteiger partial charge in [0, 0.05) is 40.9 Å². The maximum Gasteiger partial charge on any atom is 0.404 e. The Morgan fingerprint density at radius 3 is 2.79 bits per heavy atom. The van der Waals surface area contributed by atoms with Crippen molar-refractivity contribution in [3.63, 3.8) is 0 Å². The summed E-state index contributed by atoms with van der Waals surface area (Å²) in [5.74, 6) is 0.643. The van der Waals surface area contributed by atoms with Gasteiger partial charge in [-0.2, -0.15) is 5.10 Å². The molecule has 0 spiro atoms. The number of nitrogens with two attached hydrogens (primary N) is 1. The Morgan fingerprint density at radius 2 is 2.05 bits per heavy atom. The number of hydrogen-bond acceptors (Lipinski definition) is 9. The number of aryl methyl sites for hydroxylation is 2. The summed E-state index contributed by atoms with van der Waals surface area (Å²) >= 11 is 1.45. The molecule has 202 valence electrons. The van der Waals surface area contributed by atoms with E-state index in [0.717, 1.165) is 42.1 Å². The van der Waals surface area contributed by atoms with E-state index in [4.69, 9.17) is 25.3 Å². The number of amides is 1. The first-order valence-corrected chi connectivity index (χ1v) is 15.4. The molecular formula is C26H31N5O5S2. The van der Waals surface area contributed by atoms with E-state index in [2.05, 4.69) is 5.32 Å². The molecular weight excluding hydrogens is 526 g/mol. The third kappa shape index (κ3) is 5.04. The molecule has 1 saturated carbocycles. The van der Waals surface area contributed by atoms with Crippen molar-refractivity contribution in [3.8, 4) is 10.6 Å². The number of anilines is 2. The number of aromatic nitrogens is 3. The van der Waals surface area contributed by atoms with Gasteiger partial charge in [-0.1, -0.05) is 0 Å². The monoisotopic (exact) mass is 557 g/mol. The van der Waals surface area contributed by atoms with E-state index in [0.29, 0.717) is 54.2 Å². The average molecular weight is 558 g/mol. The summed E-state index contributed by atoms with van der Waals surface area (Å²) < 4.78 is 40.0. The number of primary amides is 1. The molecule has 12 heteroatoms. The van der Waals surface area contributed by atoms with Crippen LogP contribution in [0.5, 0.6) is 0 Å². The lowest BCUT2D eigenvalue weighted by Gasteiger charge is -2.23. The van der Waals surface area contributed by atoms with Crippen LogP contribution in [0.15, 0.2) is 29.2 Å². The Hall–Kier alpha value is -2.96. The van der Waals surface area contributed by atoms with Gasteiger partial charge in [0.25, 0.3) is 0 Å². The van der Waals surface area contributed by atoms with Crippen molar-refractivity contribution in [3.05, 3.63) is 40.5 Å². The zero-order valence-corrected chi connectivity index (χ0v) is 22.8. The summed E-state index contributed by atoms with van der Waals surface area (Å²) in [6.07, 6.45) is 5.14. The summed E-state index contributed by atoms with van der Waals surface area (Å²) in [5, 5.41) is 8.30. The van der Waals surface area contributed by atoms with Crippen LogP contribution in [0.25, 0.3) is 10.6 Å². The first-order chi connectivity index (χ1) is 18.3. The van der Waals surface area contributed by atoms with E-state index in [1.165, 1.54) is 11.3 Å². The van der Waals surface area contributed by atoms with E-state index in [9.17, 15) is 13.2 Å². The highest BCUT2D eigenvalue weighted by molar-refractivity contribution is 7.92. The minimum atomic E-state index is -3.51. The summed E-state index contributed by atoms with van der Waals surface area (Å²) in [7, 11) is -3.51. The molecule has 1 aliphatic heterocycles. The zero-order valence-electron chi connectivity index (χ0n) is 21.2. The fourth-order valence-electron chi connectivity index (χ4n) is 5.20. The highest BCUT2D eigenvalue weighted by atomic mass is 32.2. The molecule has 3 N–H and O–H groups in total. The number of ether oxygens (including phenoxy) is 2. The Bertz CT molecular complexity index is 1470. The van der Waals surface area contributed by atoms with Gasteiger partial charge < -0.3 is 20.5 Å². The number of thiazole rings is 1. The fraction of sp³-hybridized carbons (Fsp3) is 0.500. The first-order valence-electron chi connectivity index (χ1n) is 13.1. The normalized spacial score (nSPS) is 21.6. The zero-order chi connectivity index (χ0) is 26.4. The molecule has 1 aromatic carbocycles. The van der Waals surface area contributed by atoms with Gasteiger partial charge in [0.05, 0.1) is 15.8 Å². The quantitative estimate of drug-likeness (QED) is 0.428. The molecule has 2 atom stereocenters. The van der Waals surface area contributed by atoms with Crippen molar-refractivity contribution in [1.29, 1.82) is 0 Å². The fourth-order valence-corrected chi connectivity index (χ4v) is 8.35. The SMILES string of the molecule is Cc1cc(Nc2ccc(-c3nc4c(s3)CC(OC(N)=O)CC4)c(S(=O)(=O)C3CC3)c2)nn1C1CCCCO1. The van der Waals surface area contributed by atoms with E-state index in [1.807, 2.05) is 29.8 Å². The Morgan fingerprint density at radius 1 is 1.21 bits per heavy atom. The number of carbonyl (C=O) groups excluding carboxylic acids is 1. The first kappa shape index (κ1) is 25.3. The third-order valence-electron chi connectivity index (χ3n) is 7.28. The van der Waals surface area contributed by atoms with Crippen LogP contribution < -0.4 is 11.1 Å². The van der Waals surface area contributed by atoms with Crippen LogP contribution in [0.3, 0.4) is 0 Å². The Balaban J connectivity index is 1.31. The van der Waals surface area contributed by atoms with Crippen LogP contribution in [0, 0.1) is 6.92 Å². The number of hydrogen-bond donors (Lipinski definition) is 2. The van der Waals surface area contributed by atoms with Crippen LogP contribution in [0.2, 0.25) is 0 Å². The number of benzene rings is 1. The van der Waals surface area contributed by atoms with Gasteiger partial charge >= 0.3 is 6.09 Å².